The van der Waals surface area contributed by atoms with Gasteiger partial charge in [0, 0.05) is 42.6 Å². The summed E-state index contributed by atoms with van der Waals surface area (Å²) in [6, 6.07) is 8.49. The highest BCUT2D eigenvalue weighted by Crippen LogP contribution is 2.16. The molecule has 1 aliphatic rings. The maximum absolute atomic E-state index is 5.59. The molecule has 0 saturated carbocycles. The number of ether oxygens (including phenoxy) is 1. The van der Waals surface area contributed by atoms with Crippen LogP contribution in [0.25, 0.3) is 0 Å². The van der Waals surface area contributed by atoms with Gasteiger partial charge in [-0.05, 0) is 37.6 Å². The third-order valence-electron chi connectivity index (χ3n) is 4.28. The fourth-order valence-electron chi connectivity index (χ4n) is 2.89. The Labute approximate surface area is 159 Å². The second-order valence-electron chi connectivity index (χ2n) is 6.44. The average Bonchev–Trinajstić information content (AvgIpc) is 3.07. The van der Waals surface area contributed by atoms with Crippen LogP contribution in [-0.4, -0.2) is 43.8 Å². The summed E-state index contributed by atoms with van der Waals surface area (Å²) in [6.07, 6.45) is 2.19. The molecule has 0 amide bonds. The van der Waals surface area contributed by atoms with Crippen molar-refractivity contribution in [1.29, 1.82) is 0 Å². The smallest absolute Gasteiger partial charge is 0.191 e. The summed E-state index contributed by atoms with van der Waals surface area (Å²) in [5.41, 5.74) is 1.13. The Hall–Kier alpha value is -2.12. The number of nitrogens with one attached hydrogen (secondary N) is 2. The van der Waals surface area contributed by atoms with Crippen LogP contribution < -0.4 is 15.5 Å². The quantitative estimate of drug-likeness (QED) is 0.623. The van der Waals surface area contributed by atoms with Crippen molar-refractivity contribution in [3.05, 3.63) is 45.8 Å². The molecule has 7 heteroatoms. The summed E-state index contributed by atoms with van der Waals surface area (Å²) in [5.74, 6) is 1.81. The van der Waals surface area contributed by atoms with Crippen molar-refractivity contribution in [1.82, 2.24) is 15.6 Å². The Morgan fingerprint density at radius 3 is 2.81 bits per heavy atom. The van der Waals surface area contributed by atoms with E-state index in [4.69, 9.17) is 4.74 Å². The number of guanidine groups is 1. The SMILES string of the molecule is CN=C(NCc1ccc(N2CCOC(C)C2)nc1)NCc1ccc(C)s1. The van der Waals surface area contributed by atoms with Crippen molar-refractivity contribution >= 4 is 23.1 Å². The Balaban J connectivity index is 1.48. The maximum atomic E-state index is 5.59. The Morgan fingerprint density at radius 1 is 1.31 bits per heavy atom. The molecule has 26 heavy (non-hydrogen) atoms. The number of morpholine rings is 1. The van der Waals surface area contributed by atoms with E-state index >= 15 is 0 Å². The lowest BCUT2D eigenvalue weighted by atomic mass is 10.2. The second-order valence-corrected chi connectivity index (χ2v) is 7.82. The summed E-state index contributed by atoms with van der Waals surface area (Å²) < 4.78 is 5.59. The topological polar surface area (TPSA) is 61.8 Å². The van der Waals surface area contributed by atoms with E-state index in [-0.39, 0.29) is 6.10 Å². The zero-order valence-electron chi connectivity index (χ0n) is 15.7. The zero-order valence-corrected chi connectivity index (χ0v) is 16.5. The van der Waals surface area contributed by atoms with E-state index in [1.165, 1.54) is 9.75 Å². The lowest BCUT2D eigenvalue weighted by Gasteiger charge is -2.32. The van der Waals surface area contributed by atoms with Gasteiger partial charge in [-0.15, -0.1) is 11.3 Å². The number of hydrogen-bond acceptors (Lipinski definition) is 5. The number of aromatic nitrogens is 1. The van der Waals surface area contributed by atoms with Gasteiger partial charge in [0.15, 0.2) is 5.96 Å². The first-order valence-corrected chi connectivity index (χ1v) is 9.77. The molecule has 1 aliphatic heterocycles. The largest absolute Gasteiger partial charge is 0.375 e. The minimum Gasteiger partial charge on any atom is -0.375 e. The van der Waals surface area contributed by atoms with E-state index in [9.17, 15) is 0 Å². The standard InChI is InChI=1S/C19H27N5OS/c1-14-13-24(8-9-25-14)18-7-5-16(10-21-18)11-22-19(20-3)23-12-17-6-4-15(2)26-17/h4-7,10,14H,8-9,11-13H2,1-3H3,(H2,20,22,23). The van der Waals surface area contributed by atoms with E-state index in [1.54, 1.807) is 18.4 Å². The number of rotatable bonds is 5. The third-order valence-corrected chi connectivity index (χ3v) is 5.28. The van der Waals surface area contributed by atoms with E-state index < -0.39 is 0 Å². The number of hydrogen-bond donors (Lipinski definition) is 2. The molecule has 0 aromatic carbocycles. The molecule has 1 atom stereocenters. The van der Waals surface area contributed by atoms with Crippen molar-refractivity contribution in [3.8, 4) is 0 Å². The molecule has 0 aliphatic carbocycles. The molecule has 3 heterocycles. The lowest BCUT2D eigenvalue weighted by molar-refractivity contribution is 0.0529. The van der Waals surface area contributed by atoms with Crippen molar-refractivity contribution in [3.63, 3.8) is 0 Å². The van der Waals surface area contributed by atoms with Crippen LogP contribution in [-0.2, 0) is 17.8 Å². The van der Waals surface area contributed by atoms with E-state index in [0.29, 0.717) is 6.54 Å². The first-order valence-electron chi connectivity index (χ1n) is 8.95. The van der Waals surface area contributed by atoms with Gasteiger partial charge < -0.3 is 20.3 Å². The highest BCUT2D eigenvalue weighted by atomic mass is 32.1. The minimum absolute atomic E-state index is 0.258. The Kier molecular flexibility index (Phi) is 6.46. The summed E-state index contributed by atoms with van der Waals surface area (Å²) in [7, 11) is 1.79. The molecule has 140 valence electrons. The first kappa shape index (κ1) is 18.7. The summed E-state index contributed by atoms with van der Waals surface area (Å²) in [5, 5.41) is 6.68. The van der Waals surface area contributed by atoms with Gasteiger partial charge in [-0.1, -0.05) is 6.07 Å². The molecule has 2 aromatic rings. The van der Waals surface area contributed by atoms with Crippen molar-refractivity contribution in [2.45, 2.75) is 33.0 Å². The molecular weight excluding hydrogens is 346 g/mol. The van der Waals surface area contributed by atoms with Gasteiger partial charge in [0.1, 0.15) is 5.82 Å². The van der Waals surface area contributed by atoms with Crippen LogP contribution in [0.15, 0.2) is 35.5 Å². The normalized spacial score (nSPS) is 18.0. The van der Waals surface area contributed by atoms with Crippen LogP contribution in [0.2, 0.25) is 0 Å². The van der Waals surface area contributed by atoms with Gasteiger partial charge in [0.05, 0.1) is 19.3 Å². The number of nitrogens with zero attached hydrogens (tertiary/aromatic N) is 3. The third kappa shape index (κ3) is 5.19. The molecule has 6 nitrogen and oxygen atoms in total. The second kappa shape index (κ2) is 9.00. The lowest BCUT2D eigenvalue weighted by Crippen LogP contribution is -2.41. The van der Waals surface area contributed by atoms with Crippen LogP contribution in [0.3, 0.4) is 0 Å². The molecule has 0 bridgehead atoms. The zero-order chi connectivity index (χ0) is 18.4. The molecule has 2 N–H and O–H groups in total. The fraction of sp³-hybridized carbons (Fsp3) is 0.474. The molecule has 0 spiro atoms. The van der Waals surface area contributed by atoms with Crippen LogP contribution in [0.4, 0.5) is 5.82 Å². The maximum Gasteiger partial charge on any atom is 0.191 e. The molecule has 2 aromatic heterocycles. The van der Waals surface area contributed by atoms with Crippen LogP contribution in [0.5, 0.6) is 0 Å². The van der Waals surface area contributed by atoms with Gasteiger partial charge in [0.2, 0.25) is 0 Å². The van der Waals surface area contributed by atoms with Gasteiger partial charge in [-0.3, -0.25) is 4.99 Å². The van der Waals surface area contributed by atoms with E-state index in [2.05, 4.69) is 63.6 Å². The predicted molar refractivity (Wildman–Crippen MR) is 108 cm³/mol. The van der Waals surface area contributed by atoms with Crippen LogP contribution in [0.1, 0.15) is 22.2 Å². The van der Waals surface area contributed by atoms with Gasteiger partial charge >= 0.3 is 0 Å². The monoisotopic (exact) mass is 373 g/mol. The molecule has 0 radical (unpaired) electrons. The number of anilines is 1. The van der Waals surface area contributed by atoms with Crippen LogP contribution in [0, 0.1) is 6.92 Å². The van der Waals surface area contributed by atoms with Crippen molar-refractivity contribution < 1.29 is 4.74 Å². The predicted octanol–water partition coefficient (Wildman–Crippen LogP) is 2.54. The number of aryl methyl sites for hydroxylation is 1. The van der Waals surface area contributed by atoms with Crippen molar-refractivity contribution in [2.75, 3.05) is 31.6 Å². The average molecular weight is 374 g/mol. The number of pyridine rings is 1. The molecular formula is C19H27N5OS. The van der Waals surface area contributed by atoms with E-state index in [1.807, 2.05) is 6.20 Å². The fourth-order valence-corrected chi connectivity index (χ4v) is 3.72. The van der Waals surface area contributed by atoms with Crippen molar-refractivity contribution in [2.24, 2.45) is 4.99 Å². The van der Waals surface area contributed by atoms with Crippen LogP contribution >= 0.6 is 11.3 Å². The Bertz CT molecular complexity index is 728. The summed E-state index contributed by atoms with van der Waals surface area (Å²) >= 11 is 1.80. The van der Waals surface area contributed by atoms with Gasteiger partial charge in [0.25, 0.3) is 0 Å². The number of aliphatic imine (C=N–C) groups is 1. The van der Waals surface area contributed by atoms with E-state index in [0.717, 1.165) is 43.6 Å². The highest BCUT2D eigenvalue weighted by molar-refractivity contribution is 7.11. The molecule has 1 saturated heterocycles. The van der Waals surface area contributed by atoms with Gasteiger partial charge in [-0.2, -0.15) is 0 Å². The molecule has 1 unspecified atom stereocenters. The first-order chi connectivity index (χ1) is 12.6. The number of thiophene rings is 1. The highest BCUT2D eigenvalue weighted by Gasteiger charge is 2.17. The summed E-state index contributed by atoms with van der Waals surface area (Å²) in [4.78, 5) is 13.8. The Morgan fingerprint density at radius 2 is 2.15 bits per heavy atom. The summed E-state index contributed by atoms with van der Waals surface area (Å²) in [6.45, 7) is 8.24. The minimum atomic E-state index is 0.258. The molecule has 3 rings (SSSR count). The van der Waals surface area contributed by atoms with Gasteiger partial charge in [-0.25, -0.2) is 4.98 Å². The molecule has 1 fully saturated rings.